The zero-order valence-electron chi connectivity index (χ0n) is 12.0. The predicted octanol–water partition coefficient (Wildman–Crippen LogP) is 4.27. The topological polar surface area (TPSA) is 33.2 Å². The van der Waals surface area contributed by atoms with Crippen molar-refractivity contribution in [1.82, 2.24) is 4.98 Å². The first-order valence-electron chi connectivity index (χ1n) is 6.92. The number of anilines is 1. The molecule has 0 atom stereocenters. The minimum atomic E-state index is 0.0221. The van der Waals surface area contributed by atoms with Gasteiger partial charge in [0.2, 0.25) is 0 Å². The molecule has 0 N–H and O–H groups in total. The summed E-state index contributed by atoms with van der Waals surface area (Å²) in [6.45, 7) is 4.50. The molecule has 1 amide bonds. The summed E-state index contributed by atoms with van der Waals surface area (Å²) < 4.78 is 0. The van der Waals surface area contributed by atoms with Crippen LogP contribution in [0.4, 0.5) is 5.69 Å². The van der Waals surface area contributed by atoms with Crippen LogP contribution in [0.3, 0.4) is 0 Å². The highest BCUT2D eigenvalue weighted by molar-refractivity contribution is 7.12. The van der Waals surface area contributed by atoms with Crippen molar-refractivity contribution in [1.29, 1.82) is 0 Å². The first-order valence-corrected chi connectivity index (χ1v) is 7.80. The molecule has 0 aliphatic heterocycles. The van der Waals surface area contributed by atoms with Gasteiger partial charge in [-0.3, -0.25) is 4.79 Å². The molecule has 0 saturated carbocycles. The van der Waals surface area contributed by atoms with Gasteiger partial charge in [-0.1, -0.05) is 36.4 Å². The molecule has 1 heterocycles. The van der Waals surface area contributed by atoms with Crippen molar-refractivity contribution in [2.24, 2.45) is 0 Å². The van der Waals surface area contributed by atoms with Crippen molar-refractivity contribution < 1.29 is 4.79 Å². The number of thiazole rings is 1. The highest BCUT2D eigenvalue weighted by atomic mass is 32.1. The van der Waals surface area contributed by atoms with Crippen LogP contribution in [0.2, 0.25) is 0 Å². The van der Waals surface area contributed by atoms with Crippen molar-refractivity contribution in [2.45, 2.75) is 13.8 Å². The molecular weight excluding hydrogens is 280 g/mol. The third kappa shape index (κ3) is 2.43. The third-order valence-electron chi connectivity index (χ3n) is 3.56. The van der Waals surface area contributed by atoms with E-state index in [2.05, 4.69) is 23.2 Å². The monoisotopic (exact) mass is 296 g/mol. The Morgan fingerprint density at radius 3 is 2.67 bits per heavy atom. The van der Waals surface area contributed by atoms with Crippen LogP contribution in [0, 0.1) is 6.92 Å². The molecule has 3 aromatic rings. The van der Waals surface area contributed by atoms with E-state index in [9.17, 15) is 4.79 Å². The standard InChI is InChI=1S/C17H16N2OS/c1-3-19(17(20)16-12(2)18-11-21-16)15-10-6-8-13-7-4-5-9-14(13)15/h4-11H,3H2,1-2H3. The van der Waals surface area contributed by atoms with Gasteiger partial charge in [0.15, 0.2) is 0 Å². The summed E-state index contributed by atoms with van der Waals surface area (Å²) >= 11 is 1.40. The van der Waals surface area contributed by atoms with Crippen LogP contribution in [-0.2, 0) is 0 Å². The van der Waals surface area contributed by atoms with Crippen LogP contribution in [0.5, 0.6) is 0 Å². The molecule has 0 unspecified atom stereocenters. The van der Waals surface area contributed by atoms with E-state index >= 15 is 0 Å². The van der Waals surface area contributed by atoms with E-state index in [0.717, 1.165) is 22.2 Å². The van der Waals surface area contributed by atoms with Gasteiger partial charge in [0, 0.05) is 11.9 Å². The number of fused-ring (bicyclic) bond motifs is 1. The van der Waals surface area contributed by atoms with E-state index in [4.69, 9.17) is 0 Å². The lowest BCUT2D eigenvalue weighted by Gasteiger charge is -2.22. The number of amides is 1. The fourth-order valence-electron chi connectivity index (χ4n) is 2.50. The van der Waals surface area contributed by atoms with Crippen LogP contribution >= 0.6 is 11.3 Å². The van der Waals surface area contributed by atoms with Crippen molar-refractivity contribution in [3.63, 3.8) is 0 Å². The van der Waals surface area contributed by atoms with Crippen LogP contribution in [0.25, 0.3) is 10.8 Å². The smallest absolute Gasteiger partial charge is 0.270 e. The zero-order valence-corrected chi connectivity index (χ0v) is 12.9. The molecule has 0 saturated heterocycles. The number of hydrogen-bond acceptors (Lipinski definition) is 3. The van der Waals surface area contributed by atoms with E-state index < -0.39 is 0 Å². The number of nitrogens with zero attached hydrogens (tertiary/aromatic N) is 2. The van der Waals surface area contributed by atoms with Crippen molar-refractivity contribution in [3.8, 4) is 0 Å². The van der Waals surface area contributed by atoms with Crippen molar-refractivity contribution >= 4 is 33.7 Å². The Morgan fingerprint density at radius 2 is 1.95 bits per heavy atom. The SMILES string of the molecule is CCN(C(=O)c1scnc1C)c1cccc2ccccc12. The zero-order chi connectivity index (χ0) is 14.8. The fraction of sp³-hybridized carbons (Fsp3) is 0.176. The maximum atomic E-state index is 12.8. The van der Waals surface area contributed by atoms with Crippen LogP contribution < -0.4 is 4.90 Å². The molecule has 0 aliphatic carbocycles. The lowest BCUT2D eigenvalue weighted by molar-refractivity contribution is 0.0991. The second-order valence-corrected chi connectivity index (χ2v) is 5.67. The lowest BCUT2D eigenvalue weighted by atomic mass is 10.1. The van der Waals surface area contributed by atoms with E-state index in [0.29, 0.717) is 11.4 Å². The summed E-state index contributed by atoms with van der Waals surface area (Å²) in [6, 6.07) is 14.2. The largest absolute Gasteiger partial charge is 0.307 e. The molecular formula is C17H16N2OS. The van der Waals surface area contributed by atoms with Gasteiger partial charge in [0.1, 0.15) is 4.88 Å². The van der Waals surface area contributed by atoms with Gasteiger partial charge in [-0.15, -0.1) is 11.3 Å². The molecule has 3 nitrogen and oxygen atoms in total. The minimum absolute atomic E-state index is 0.0221. The summed E-state index contributed by atoms with van der Waals surface area (Å²) in [7, 11) is 0. The van der Waals surface area contributed by atoms with E-state index in [1.165, 1.54) is 11.3 Å². The molecule has 0 spiro atoms. The van der Waals surface area contributed by atoms with Crippen molar-refractivity contribution in [2.75, 3.05) is 11.4 Å². The number of rotatable bonds is 3. The molecule has 2 aromatic carbocycles. The third-order valence-corrected chi connectivity index (χ3v) is 4.48. The van der Waals surface area contributed by atoms with Gasteiger partial charge >= 0.3 is 0 Å². The Hall–Kier alpha value is -2.20. The molecule has 0 radical (unpaired) electrons. The summed E-state index contributed by atoms with van der Waals surface area (Å²) in [5, 5.41) is 2.24. The van der Waals surface area contributed by atoms with E-state index in [1.54, 1.807) is 5.51 Å². The molecule has 1 aromatic heterocycles. The number of carbonyl (C=O) groups excluding carboxylic acids is 1. The van der Waals surface area contributed by atoms with Gasteiger partial charge in [0.05, 0.1) is 16.9 Å². The number of benzene rings is 2. The summed E-state index contributed by atoms with van der Waals surface area (Å²) in [5.41, 5.74) is 3.47. The fourth-order valence-corrected chi connectivity index (χ4v) is 3.25. The molecule has 106 valence electrons. The summed E-state index contributed by atoms with van der Waals surface area (Å²) in [5.74, 6) is 0.0221. The molecule has 21 heavy (non-hydrogen) atoms. The highest BCUT2D eigenvalue weighted by Crippen LogP contribution is 2.28. The van der Waals surface area contributed by atoms with Gasteiger partial charge in [0.25, 0.3) is 5.91 Å². The van der Waals surface area contributed by atoms with Crippen molar-refractivity contribution in [3.05, 3.63) is 58.5 Å². The van der Waals surface area contributed by atoms with Gasteiger partial charge in [-0.05, 0) is 25.3 Å². The average Bonchev–Trinajstić information content (AvgIpc) is 2.94. The molecule has 0 aliphatic rings. The summed E-state index contributed by atoms with van der Waals surface area (Å²) in [4.78, 5) is 19.5. The average molecular weight is 296 g/mol. The predicted molar refractivity (Wildman–Crippen MR) is 88.1 cm³/mol. The lowest BCUT2D eigenvalue weighted by Crippen LogP contribution is -2.30. The maximum absolute atomic E-state index is 12.8. The minimum Gasteiger partial charge on any atom is -0.307 e. The number of carbonyl (C=O) groups is 1. The molecule has 0 bridgehead atoms. The van der Waals surface area contributed by atoms with Gasteiger partial charge in [-0.2, -0.15) is 0 Å². The Bertz CT molecular complexity index is 789. The second kappa shape index (κ2) is 5.66. The number of aryl methyl sites for hydroxylation is 1. The van der Waals surface area contributed by atoms with E-state index in [1.807, 2.05) is 43.0 Å². The summed E-state index contributed by atoms with van der Waals surface area (Å²) in [6.07, 6.45) is 0. The van der Waals surface area contributed by atoms with Crippen LogP contribution in [0.15, 0.2) is 48.0 Å². The first-order chi connectivity index (χ1) is 10.2. The Morgan fingerprint density at radius 1 is 1.19 bits per heavy atom. The number of aromatic nitrogens is 1. The maximum Gasteiger partial charge on any atom is 0.270 e. The second-order valence-electron chi connectivity index (χ2n) is 4.81. The Balaban J connectivity index is 2.11. The number of hydrogen-bond donors (Lipinski definition) is 0. The van der Waals surface area contributed by atoms with Gasteiger partial charge < -0.3 is 4.90 Å². The quantitative estimate of drug-likeness (QED) is 0.723. The molecule has 0 fully saturated rings. The molecule has 3 rings (SSSR count). The van der Waals surface area contributed by atoms with Gasteiger partial charge in [-0.25, -0.2) is 4.98 Å². The van der Waals surface area contributed by atoms with Crippen LogP contribution in [-0.4, -0.2) is 17.4 Å². The van der Waals surface area contributed by atoms with Crippen LogP contribution in [0.1, 0.15) is 22.3 Å². The Kier molecular flexibility index (Phi) is 3.71. The first kappa shape index (κ1) is 13.8. The highest BCUT2D eigenvalue weighted by Gasteiger charge is 2.21. The Labute approximate surface area is 127 Å². The van der Waals surface area contributed by atoms with E-state index in [-0.39, 0.29) is 5.91 Å². The molecule has 4 heteroatoms. The normalized spacial score (nSPS) is 10.8.